The molecule has 1 aromatic carbocycles. The van der Waals surface area contributed by atoms with Gasteiger partial charge in [0.15, 0.2) is 0 Å². The van der Waals surface area contributed by atoms with E-state index in [-0.39, 0.29) is 17.6 Å². The second-order valence-electron chi connectivity index (χ2n) is 3.91. The lowest BCUT2D eigenvalue weighted by atomic mass is 9.99. The zero-order chi connectivity index (χ0) is 12.1. The average molecular weight is 224 g/mol. The number of nitrogens with two attached hydrogens (primary N) is 1. The van der Waals surface area contributed by atoms with Crippen molar-refractivity contribution in [3.8, 4) is 0 Å². The van der Waals surface area contributed by atoms with Crippen molar-refractivity contribution in [2.24, 2.45) is 11.7 Å². The molecule has 0 fully saturated rings. The van der Waals surface area contributed by atoms with Crippen LogP contribution in [0.1, 0.15) is 20.3 Å². The van der Waals surface area contributed by atoms with Crippen LogP contribution in [-0.2, 0) is 4.79 Å². The lowest BCUT2D eigenvalue weighted by molar-refractivity contribution is -0.118. The Morgan fingerprint density at radius 2 is 2.25 bits per heavy atom. The molecule has 2 atom stereocenters. The predicted molar refractivity (Wildman–Crippen MR) is 62.5 cm³/mol. The molecule has 0 unspecified atom stereocenters. The minimum atomic E-state index is -0.562. The summed E-state index contributed by atoms with van der Waals surface area (Å²) in [4.78, 5) is 11.7. The van der Waals surface area contributed by atoms with Crippen LogP contribution in [0.4, 0.5) is 10.1 Å². The van der Waals surface area contributed by atoms with E-state index in [1.165, 1.54) is 12.1 Å². The van der Waals surface area contributed by atoms with Crippen molar-refractivity contribution in [3.63, 3.8) is 0 Å². The lowest BCUT2D eigenvalue weighted by Crippen LogP contribution is -2.40. The van der Waals surface area contributed by atoms with Crippen molar-refractivity contribution >= 4 is 11.6 Å². The smallest absolute Gasteiger partial charge is 0.241 e. The van der Waals surface area contributed by atoms with Gasteiger partial charge in [-0.15, -0.1) is 0 Å². The lowest BCUT2D eigenvalue weighted by Gasteiger charge is -2.17. The fourth-order valence-corrected chi connectivity index (χ4v) is 1.30. The molecule has 0 bridgehead atoms. The van der Waals surface area contributed by atoms with Gasteiger partial charge in [-0.2, -0.15) is 0 Å². The van der Waals surface area contributed by atoms with Crippen LogP contribution in [0.5, 0.6) is 0 Å². The minimum absolute atomic E-state index is 0.105. The third kappa shape index (κ3) is 3.31. The van der Waals surface area contributed by atoms with Gasteiger partial charge in [0.05, 0.1) is 6.04 Å². The van der Waals surface area contributed by atoms with Crippen LogP contribution in [0, 0.1) is 11.7 Å². The molecular weight excluding hydrogens is 207 g/mol. The maximum absolute atomic E-state index is 12.9. The van der Waals surface area contributed by atoms with E-state index < -0.39 is 6.04 Å². The van der Waals surface area contributed by atoms with Gasteiger partial charge in [0.2, 0.25) is 5.91 Å². The standard InChI is InChI=1S/C12H17FN2O/c1-3-8(2)11(14)12(16)15-10-6-4-5-9(13)7-10/h4-8,11H,3,14H2,1-2H3,(H,15,16)/t8-,11-/m0/s1. The van der Waals surface area contributed by atoms with Gasteiger partial charge in [0.1, 0.15) is 5.82 Å². The highest BCUT2D eigenvalue weighted by atomic mass is 19.1. The van der Waals surface area contributed by atoms with Gasteiger partial charge >= 0.3 is 0 Å². The molecule has 1 rings (SSSR count). The number of halogens is 1. The Balaban J connectivity index is 2.64. The number of hydrogen-bond acceptors (Lipinski definition) is 2. The van der Waals surface area contributed by atoms with E-state index in [0.717, 1.165) is 6.42 Å². The average Bonchev–Trinajstić information content (AvgIpc) is 2.27. The Labute approximate surface area is 94.8 Å². The number of nitrogens with one attached hydrogen (secondary N) is 1. The summed E-state index contributed by atoms with van der Waals surface area (Å²) in [6.45, 7) is 3.88. The quantitative estimate of drug-likeness (QED) is 0.823. The van der Waals surface area contributed by atoms with Crippen LogP contribution in [-0.4, -0.2) is 11.9 Å². The van der Waals surface area contributed by atoms with Crippen molar-refractivity contribution in [1.29, 1.82) is 0 Å². The number of benzene rings is 1. The van der Waals surface area contributed by atoms with E-state index in [1.807, 2.05) is 13.8 Å². The van der Waals surface area contributed by atoms with Gasteiger partial charge in [0, 0.05) is 5.69 Å². The van der Waals surface area contributed by atoms with Gasteiger partial charge in [-0.3, -0.25) is 4.79 Å². The van der Waals surface area contributed by atoms with Crippen LogP contribution >= 0.6 is 0 Å². The van der Waals surface area contributed by atoms with Crippen LogP contribution in [0.3, 0.4) is 0 Å². The highest BCUT2D eigenvalue weighted by Crippen LogP contribution is 2.11. The molecule has 3 nitrogen and oxygen atoms in total. The molecule has 0 spiro atoms. The summed E-state index contributed by atoms with van der Waals surface area (Å²) in [7, 11) is 0. The third-order valence-electron chi connectivity index (χ3n) is 2.65. The van der Waals surface area contributed by atoms with Crippen LogP contribution in [0.25, 0.3) is 0 Å². The third-order valence-corrected chi connectivity index (χ3v) is 2.65. The van der Waals surface area contributed by atoms with Crippen molar-refractivity contribution in [3.05, 3.63) is 30.1 Å². The summed E-state index contributed by atoms with van der Waals surface area (Å²) in [5.41, 5.74) is 6.19. The van der Waals surface area contributed by atoms with Crippen LogP contribution < -0.4 is 11.1 Å². The number of carbonyl (C=O) groups is 1. The van der Waals surface area contributed by atoms with Crippen LogP contribution in [0.2, 0.25) is 0 Å². The Morgan fingerprint density at radius 3 is 2.81 bits per heavy atom. The molecular formula is C12H17FN2O. The molecule has 3 N–H and O–H groups in total. The molecule has 0 aliphatic carbocycles. The second kappa shape index (κ2) is 5.61. The summed E-state index contributed by atoms with van der Waals surface area (Å²) in [5, 5.41) is 2.59. The summed E-state index contributed by atoms with van der Waals surface area (Å²) in [5.74, 6) is -0.552. The number of amides is 1. The summed E-state index contributed by atoms with van der Waals surface area (Å²) < 4.78 is 12.9. The normalized spacial score (nSPS) is 14.2. The molecule has 16 heavy (non-hydrogen) atoms. The molecule has 0 aliphatic heterocycles. The van der Waals surface area contributed by atoms with Gasteiger partial charge in [-0.05, 0) is 24.1 Å². The number of anilines is 1. The largest absolute Gasteiger partial charge is 0.325 e. The Morgan fingerprint density at radius 1 is 1.56 bits per heavy atom. The molecule has 0 heterocycles. The molecule has 1 amide bonds. The molecule has 0 saturated heterocycles. The highest BCUT2D eigenvalue weighted by Gasteiger charge is 2.19. The summed E-state index contributed by atoms with van der Waals surface area (Å²) in [6.07, 6.45) is 0.831. The maximum Gasteiger partial charge on any atom is 0.241 e. The predicted octanol–water partition coefficient (Wildman–Crippen LogP) is 2.14. The number of rotatable bonds is 4. The van der Waals surface area contributed by atoms with Gasteiger partial charge in [-0.25, -0.2) is 4.39 Å². The van der Waals surface area contributed by atoms with Crippen molar-refractivity contribution in [2.75, 3.05) is 5.32 Å². The Hall–Kier alpha value is -1.42. The molecule has 88 valence electrons. The van der Waals surface area contributed by atoms with Gasteiger partial charge in [0.25, 0.3) is 0 Å². The Bertz CT molecular complexity index is 368. The second-order valence-corrected chi connectivity index (χ2v) is 3.91. The van der Waals surface area contributed by atoms with E-state index in [4.69, 9.17) is 5.73 Å². The number of carbonyl (C=O) groups excluding carboxylic acids is 1. The van der Waals surface area contributed by atoms with E-state index in [2.05, 4.69) is 5.32 Å². The molecule has 0 aromatic heterocycles. The first-order valence-electron chi connectivity index (χ1n) is 5.36. The van der Waals surface area contributed by atoms with Crippen molar-refractivity contribution in [2.45, 2.75) is 26.3 Å². The zero-order valence-electron chi connectivity index (χ0n) is 9.53. The fraction of sp³-hybridized carbons (Fsp3) is 0.417. The zero-order valence-corrected chi connectivity index (χ0v) is 9.53. The monoisotopic (exact) mass is 224 g/mol. The molecule has 0 aliphatic rings. The topological polar surface area (TPSA) is 55.1 Å². The fourth-order valence-electron chi connectivity index (χ4n) is 1.30. The number of hydrogen-bond donors (Lipinski definition) is 2. The van der Waals surface area contributed by atoms with Gasteiger partial charge < -0.3 is 11.1 Å². The molecule has 0 radical (unpaired) electrons. The Kier molecular flexibility index (Phi) is 4.43. The highest BCUT2D eigenvalue weighted by molar-refractivity contribution is 5.94. The first-order chi connectivity index (χ1) is 7.54. The molecule has 4 heteroatoms. The van der Waals surface area contributed by atoms with E-state index in [0.29, 0.717) is 5.69 Å². The van der Waals surface area contributed by atoms with Crippen molar-refractivity contribution < 1.29 is 9.18 Å². The van der Waals surface area contributed by atoms with Crippen molar-refractivity contribution in [1.82, 2.24) is 0 Å². The first-order valence-corrected chi connectivity index (χ1v) is 5.36. The minimum Gasteiger partial charge on any atom is -0.325 e. The maximum atomic E-state index is 12.9. The van der Waals surface area contributed by atoms with Gasteiger partial charge in [-0.1, -0.05) is 26.3 Å². The van der Waals surface area contributed by atoms with E-state index >= 15 is 0 Å². The summed E-state index contributed by atoms with van der Waals surface area (Å²) >= 11 is 0. The van der Waals surface area contributed by atoms with E-state index in [9.17, 15) is 9.18 Å². The van der Waals surface area contributed by atoms with E-state index in [1.54, 1.807) is 12.1 Å². The molecule has 0 saturated carbocycles. The van der Waals surface area contributed by atoms with Crippen LogP contribution in [0.15, 0.2) is 24.3 Å². The SMILES string of the molecule is CC[C@H](C)[C@H](N)C(=O)Nc1cccc(F)c1. The molecule has 1 aromatic rings. The summed E-state index contributed by atoms with van der Waals surface area (Å²) in [6, 6.07) is 5.20. The first kappa shape index (κ1) is 12.6.